The quantitative estimate of drug-likeness (QED) is 0.613. The molecule has 0 fully saturated rings. The van der Waals surface area contributed by atoms with Crippen molar-refractivity contribution in [1.29, 1.82) is 0 Å². The van der Waals surface area contributed by atoms with Gasteiger partial charge in [0.15, 0.2) is 5.82 Å². The van der Waals surface area contributed by atoms with E-state index in [1.807, 2.05) is 6.07 Å². The van der Waals surface area contributed by atoms with Crippen LogP contribution in [0.25, 0.3) is 10.9 Å². The summed E-state index contributed by atoms with van der Waals surface area (Å²) >= 11 is 0. The standard InChI is InChI=1S/C15H14N4O3/c20-13-4-1-10-9-11(2-3-12(10)19-13)22-8-7-18-15(21)14-16-5-6-17-14/h1-6,9H,7-8H2,(H,16,17)(H,18,21)(H,19,20). The second-order valence-electron chi connectivity index (χ2n) is 4.61. The van der Waals surface area contributed by atoms with E-state index in [4.69, 9.17) is 4.74 Å². The van der Waals surface area contributed by atoms with Gasteiger partial charge in [0.25, 0.3) is 5.91 Å². The lowest BCUT2D eigenvalue weighted by Gasteiger charge is -2.08. The second kappa shape index (κ2) is 6.13. The van der Waals surface area contributed by atoms with E-state index >= 15 is 0 Å². The number of nitrogens with one attached hydrogen (secondary N) is 3. The molecular weight excluding hydrogens is 284 g/mol. The Morgan fingerprint density at radius 1 is 1.27 bits per heavy atom. The Balaban J connectivity index is 1.54. The maximum atomic E-state index is 11.6. The van der Waals surface area contributed by atoms with Gasteiger partial charge in [-0.15, -0.1) is 0 Å². The predicted octanol–water partition coefficient (Wildman–Crippen LogP) is 1.06. The van der Waals surface area contributed by atoms with Crippen molar-refractivity contribution in [3.63, 3.8) is 0 Å². The SMILES string of the molecule is O=C(NCCOc1ccc2[nH]c(=O)ccc2c1)c1ncc[nH]1. The molecule has 1 amide bonds. The zero-order valence-corrected chi connectivity index (χ0v) is 11.6. The van der Waals surface area contributed by atoms with Gasteiger partial charge in [-0.1, -0.05) is 0 Å². The Labute approximate surface area is 125 Å². The number of ether oxygens (including phenoxy) is 1. The van der Waals surface area contributed by atoms with Crippen molar-refractivity contribution < 1.29 is 9.53 Å². The van der Waals surface area contributed by atoms with Crippen LogP contribution in [0.4, 0.5) is 0 Å². The molecule has 3 N–H and O–H groups in total. The molecular formula is C15H14N4O3. The van der Waals surface area contributed by atoms with Crippen molar-refractivity contribution in [3.8, 4) is 5.75 Å². The zero-order valence-electron chi connectivity index (χ0n) is 11.6. The summed E-state index contributed by atoms with van der Waals surface area (Å²) < 4.78 is 5.57. The van der Waals surface area contributed by atoms with Crippen molar-refractivity contribution in [2.24, 2.45) is 0 Å². The second-order valence-corrected chi connectivity index (χ2v) is 4.61. The molecule has 112 valence electrons. The lowest BCUT2D eigenvalue weighted by atomic mass is 10.2. The summed E-state index contributed by atoms with van der Waals surface area (Å²) in [6.45, 7) is 0.699. The maximum Gasteiger partial charge on any atom is 0.287 e. The molecule has 1 aromatic carbocycles. The number of fused-ring (bicyclic) bond motifs is 1. The number of hydrogen-bond acceptors (Lipinski definition) is 4. The van der Waals surface area contributed by atoms with Gasteiger partial charge < -0.3 is 20.0 Å². The normalized spacial score (nSPS) is 10.5. The molecule has 0 radical (unpaired) electrons. The average Bonchev–Trinajstić information content (AvgIpc) is 3.06. The van der Waals surface area contributed by atoms with E-state index in [0.717, 1.165) is 10.9 Å². The van der Waals surface area contributed by atoms with Crippen LogP contribution in [0, 0.1) is 0 Å². The molecule has 0 unspecified atom stereocenters. The van der Waals surface area contributed by atoms with Gasteiger partial charge in [-0.25, -0.2) is 4.98 Å². The highest BCUT2D eigenvalue weighted by Crippen LogP contribution is 2.17. The van der Waals surface area contributed by atoms with Crippen LogP contribution >= 0.6 is 0 Å². The van der Waals surface area contributed by atoms with E-state index in [0.29, 0.717) is 18.9 Å². The largest absolute Gasteiger partial charge is 0.492 e. The van der Waals surface area contributed by atoms with Crippen molar-refractivity contribution in [2.45, 2.75) is 0 Å². The molecule has 0 atom stereocenters. The highest BCUT2D eigenvalue weighted by molar-refractivity contribution is 5.90. The minimum Gasteiger partial charge on any atom is -0.492 e. The molecule has 2 heterocycles. The summed E-state index contributed by atoms with van der Waals surface area (Å²) in [4.78, 5) is 32.2. The summed E-state index contributed by atoms with van der Waals surface area (Å²) in [6.07, 6.45) is 3.11. The third-order valence-corrected chi connectivity index (χ3v) is 3.06. The van der Waals surface area contributed by atoms with Crippen LogP contribution in [-0.4, -0.2) is 34.0 Å². The Bertz CT molecular complexity index is 839. The van der Waals surface area contributed by atoms with Crippen LogP contribution in [0.5, 0.6) is 5.75 Å². The maximum absolute atomic E-state index is 11.6. The van der Waals surface area contributed by atoms with Crippen LogP contribution in [0.1, 0.15) is 10.6 Å². The molecule has 0 aliphatic rings. The molecule has 0 spiro atoms. The molecule has 7 nitrogen and oxygen atoms in total. The van der Waals surface area contributed by atoms with Gasteiger partial charge in [0, 0.05) is 29.4 Å². The first-order valence-electron chi connectivity index (χ1n) is 6.76. The Kier molecular flexibility index (Phi) is 3.86. The lowest BCUT2D eigenvalue weighted by molar-refractivity contribution is 0.0937. The van der Waals surface area contributed by atoms with Crippen LogP contribution < -0.4 is 15.6 Å². The van der Waals surface area contributed by atoms with Crippen molar-refractivity contribution in [2.75, 3.05) is 13.2 Å². The van der Waals surface area contributed by atoms with Crippen LogP contribution in [0.3, 0.4) is 0 Å². The van der Waals surface area contributed by atoms with Crippen LogP contribution in [-0.2, 0) is 0 Å². The number of pyridine rings is 1. The fourth-order valence-electron chi connectivity index (χ4n) is 2.03. The molecule has 0 aliphatic carbocycles. The Morgan fingerprint density at radius 2 is 2.18 bits per heavy atom. The molecule has 22 heavy (non-hydrogen) atoms. The zero-order chi connectivity index (χ0) is 15.4. The fraction of sp³-hybridized carbons (Fsp3) is 0.133. The minimum absolute atomic E-state index is 0.137. The van der Waals surface area contributed by atoms with E-state index in [1.54, 1.807) is 24.4 Å². The lowest BCUT2D eigenvalue weighted by Crippen LogP contribution is -2.28. The Morgan fingerprint density at radius 3 is 3.00 bits per heavy atom. The van der Waals surface area contributed by atoms with E-state index in [-0.39, 0.29) is 17.3 Å². The van der Waals surface area contributed by atoms with Gasteiger partial charge >= 0.3 is 0 Å². The number of hydrogen-bond donors (Lipinski definition) is 3. The number of amides is 1. The minimum atomic E-state index is -0.273. The number of benzene rings is 1. The molecule has 0 saturated heterocycles. The topological polar surface area (TPSA) is 99.9 Å². The first kappa shape index (κ1) is 13.9. The van der Waals surface area contributed by atoms with Crippen LogP contribution in [0.2, 0.25) is 0 Å². The van der Waals surface area contributed by atoms with Gasteiger partial charge in [0.1, 0.15) is 12.4 Å². The van der Waals surface area contributed by atoms with E-state index < -0.39 is 0 Å². The van der Waals surface area contributed by atoms with Crippen LogP contribution in [0.15, 0.2) is 47.5 Å². The molecule has 0 saturated carbocycles. The third-order valence-electron chi connectivity index (χ3n) is 3.06. The first-order valence-corrected chi connectivity index (χ1v) is 6.76. The smallest absolute Gasteiger partial charge is 0.287 e. The van der Waals surface area contributed by atoms with Crippen molar-refractivity contribution in [3.05, 3.63) is 58.9 Å². The fourth-order valence-corrected chi connectivity index (χ4v) is 2.03. The molecule has 2 aromatic heterocycles. The number of nitrogens with zero attached hydrogens (tertiary/aromatic N) is 1. The van der Waals surface area contributed by atoms with Gasteiger partial charge in [-0.2, -0.15) is 0 Å². The van der Waals surface area contributed by atoms with Crippen molar-refractivity contribution >= 4 is 16.8 Å². The van der Waals surface area contributed by atoms with Gasteiger partial charge in [-0.3, -0.25) is 9.59 Å². The number of aromatic amines is 2. The average molecular weight is 298 g/mol. The molecule has 0 bridgehead atoms. The Hall–Kier alpha value is -3.09. The summed E-state index contributed by atoms with van der Waals surface area (Å²) in [5.74, 6) is 0.672. The number of imidazole rings is 1. The van der Waals surface area contributed by atoms with Gasteiger partial charge in [0.2, 0.25) is 5.56 Å². The van der Waals surface area contributed by atoms with Crippen molar-refractivity contribution in [1.82, 2.24) is 20.3 Å². The van der Waals surface area contributed by atoms with Gasteiger partial charge in [0.05, 0.1) is 6.54 Å². The molecule has 3 aromatic rings. The van der Waals surface area contributed by atoms with Gasteiger partial charge in [-0.05, 0) is 24.3 Å². The summed E-state index contributed by atoms with van der Waals surface area (Å²) in [5.41, 5.74) is 0.618. The monoisotopic (exact) mass is 298 g/mol. The third kappa shape index (κ3) is 3.14. The molecule has 0 aliphatic heterocycles. The van der Waals surface area contributed by atoms with E-state index in [9.17, 15) is 9.59 Å². The van der Waals surface area contributed by atoms with E-state index in [2.05, 4.69) is 20.3 Å². The predicted molar refractivity (Wildman–Crippen MR) is 81.0 cm³/mol. The number of rotatable bonds is 5. The highest BCUT2D eigenvalue weighted by atomic mass is 16.5. The molecule has 3 rings (SSSR count). The first-order chi connectivity index (χ1) is 10.7. The number of carbonyl (C=O) groups excluding carboxylic acids is 1. The highest BCUT2D eigenvalue weighted by Gasteiger charge is 2.06. The number of H-pyrrole nitrogens is 2. The summed E-state index contributed by atoms with van der Waals surface area (Å²) in [5, 5.41) is 3.58. The molecule has 7 heteroatoms. The van der Waals surface area contributed by atoms with E-state index in [1.165, 1.54) is 12.3 Å². The number of aromatic nitrogens is 3. The summed E-state index contributed by atoms with van der Waals surface area (Å²) in [6, 6.07) is 8.59. The summed E-state index contributed by atoms with van der Waals surface area (Å²) in [7, 11) is 0. The number of carbonyl (C=O) groups is 1.